The molecule has 0 saturated carbocycles. The maximum atomic E-state index is 12.5. The largest absolute Gasteiger partial charge is 0.495 e. The molecule has 1 amide bonds. The molecule has 0 spiro atoms. The van der Waals surface area contributed by atoms with Gasteiger partial charge in [0.15, 0.2) is 6.61 Å². The van der Waals surface area contributed by atoms with Gasteiger partial charge in [0.1, 0.15) is 11.5 Å². The fraction of sp³-hybridized carbons (Fsp3) is 0.136. The van der Waals surface area contributed by atoms with E-state index in [0.29, 0.717) is 16.5 Å². The van der Waals surface area contributed by atoms with E-state index >= 15 is 0 Å². The molecule has 0 aromatic heterocycles. The summed E-state index contributed by atoms with van der Waals surface area (Å²) in [7, 11) is -2.28. The Morgan fingerprint density at radius 2 is 1.62 bits per heavy atom. The molecule has 0 fully saturated rings. The Hall–Kier alpha value is -2.78. The molecule has 2 N–H and O–H groups in total. The third-order valence-corrected chi connectivity index (χ3v) is 6.31. The van der Waals surface area contributed by atoms with Crippen LogP contribution in [-0.4, -0.2) is 28.0 Å². The van der Waals surface area contributed by atoms with E-state index in [9.17, 15) is 13.2 Å². The number of nitrogens with one attached hydrogen (secondary N) is 2. The van der Waals surface area contributed by atoms with Crippen LogP contribution in [0.4, 0.5) is 5.69 Å². The summed E-state index contributed by atoms with van der Waals surface area (Å²) in [4.78, 5) is 12.1. The molecule has 3 rings (SSSR count). The molecule has 0 aliphatic carbocycles. The molecule has 0 atom stereocenters. The van der Waals surface area contributed by atoms with Crippen LogP contribution in [-0.2, 0) is 21.4 Å². The zero-order chi connectivity index (χ0) is 23.1. The summed E-state index contributed by atoms with van der Waals surface area (Å²) in [6.07, 6.45) is 0. The molecule has 0 aliphatic heterocycles. The monoisotopic (exact) mass is 494 g/mol. The lowest BCUT2D eigenvalue weighted by molar-refractivity contribution is -0.118. The number of hydrogen-bond donors (Lipinski definition) is 2. The number of ether oxygens (including phenoxy) is 2. The topological polar surface area (TPSA) is 93.7 Å². The molecule has 3 aromatic rings. The first-order valence-corrected chi connectivity index (χ1v) is 11.6. The highest BCUT2D eigenvalue weighted by Gasteiger charge is 2.16. The van der Waals surface area contributed by atoms with Crippen molar-refractivity contribution in [1.29, 1.82) is 0 Å². The number of benzene rings is 3. The maximum Gasteiger partial charge on any atom is 0.262 e. The van der Waals surface area contributed by atoms with E-state index in [0.717, 1.165) is 5.56 Å². The minimum atomic E-state index is -3.77. The number of carbonyl (C=O) groups is 1. The number of carbonyl (C=O) groups excluding carboxylic acids is 1. The van der Waals surface area contributed by atoms with Crippen molar-refractivity contribution >= 4 is 44.8 Å². The van der Waals surface area contributed by atoms with Crippen molar-refractivity contribution in [3.63, 3.8) is 0 Å². The van der Waals surface area contributed by atoms with E-state index in [-0.39, 0.29) is 28.8 Å². The number of methoxy groups -OCH3 is 1. The van der Waals surface area contributed by atoms with Gasteiger partial charge in [0.25, 0.3) is 5.91 Å². The van der Waals surface area contributed by atoms with Gasteiger partial charge in [-0.25, -0.2) is 13.1 Å². The van der Waals surface area contributed by atoms with Crippen molar-refractivity contribution in [2.45, 2.75) is 11.4 Å². The summed E-state index contributed by atoms with van der Waals surface area (Å²) < 4.78 is 38.0. The number of anilines is 1. The zero-order valence-electron chi connectivity index (χ0n) is 17.0. The molecule has 0 heterocycles. The fourth-order valence-electron chi connectivity index (χ4n) is 2.71. The highest BCUT2D eigenvalue weighted by Crippen LogP contribution is 2.28. The average Bonchev–Trinajstić information content (AvgIpc) is 2.78. The van der Waals surface area contributed by atoms with Crippen LogP contribution < -0.4 is 19.5 Å². The van der Waals surface area contributed by atoms with Crippen LogP contribution in [0.15, 0.2) is 71.6 Å². The van der Waals surface area contributed by atoms with Crippen molar-refractivity contribution in [2.24, 2.45) is 0 Å². The van der Waals surface area contributed by atoms with Crippen LogP contribution in [0, 0.1) is 0 Å². The van der Waals surface area contributed by atoms with Gasteiger partial charge in [0.2, 0.25) is 10.0 Å². The summed E-state index contributed by atoms with van der Waals surface area (Å²) in [5.41, 5.74) is 1.30. The summed E-state index contributed by atoms with van der Waals surface area (Å²) in [5.74, 6) is 0.223. The van der Waals surface area contributed by atoms with Crippen LogP contribution in [0.25, 0.3) is 0 Å². The predicted molar refractivity (Wildman–Crippen MR) is 124 cm³/mol. The summed E-state index contributed by atoms with van der Waals surface area (Å²) in [6, 6.07) is 18.0. The maximum absolute atomic E-state index is 12.5. The van der Waals surface area contributed by atoms with Gasteiger partial charge in [0, 0.05) is 12.2 Å². The molecule has 0 aliphatic rings. The van der Waals surface area contributed by atoms with Gasteiger partial charge < -0.3 is 14.8 Å². The van der Waals surface area contributed by atoms with Gasteiger partial charge in [0.05, 0.1) is 22.1 Å². The first-order chi connectivity index (χ1) is 15.3. The van der Waals surface area contributed by atoms with Crippen molar-refractivity contribution in [1.82, 2.24) is 4.72 Å². The molecule has 32 heavy (non-hydrogen) atoms. The Morgan fingerprint density at radius 3 is 2.28 bits per heavy atom. The van der Waals surface area contributed by atoms with Gasteiger partial charge in [-0.15, -0.1) is 0 Å². The minimum Gasteiger partial charge on any atom is -0.495 e. The van der Waals surface area contributed by atoms with Gasteiger partial charge in [-0.3, -0.25) is 4.79 Å². The second-order valence-corrected chi connectivity index (χ2v) is 9.17. The second kappa shape index (κ2) is 10.7. The fourth-order valence-corrected chi connectivity index (χ4v) is 4.31. The molecule has 168 valence electrons. The third-order valence-electron chi connectivity index (χ3n) is 4.32. The standard InChI is InChI=1S/C22H20Cl2N2O5S/c1-30-20-9-7-16(11-18(20)23)26-22(27)14-31-21-10-8-17(12-19(21)24)32(28,29)25-13-15-5-3-2-4-6-15/h2-12,25H,13-14H2,1H3,(H,26,27). The summed E-state index contributed by atoms with van der Waals surface area (Å²) in [6.45, 7) is -0.184. The number of amides is 1. The highest BCUT2D eigenvalue weighted by molar-refractivity contribution is 7.89. The van der Waals surface area contributed by atoms with E-state index in [1.807, 2.05) is 30.3 Å². The van der Waals surface area contributed by atoms with Gasteiger partial charge in [-0.1, -0.05) is 53.5 Å². The molecule has 7 nitrogen and oxygen atoms in total. The lowest BCUT2D eigenvalue weighted by Gasteiger charge is -2.12. The molecule has 10 heteroatoms. The SMILES string of the molecule is COc1ccc(NC(=O)COc2ccc(S(=O)(=O)NCc3ccccc3)cc2Cl)cc1Cl. The Kier molecular flexibility index (Phi) is 7.98. The predicted octanol–water partition coefficient (Wildman–Crippen LogP) is 4.50. The third kappa shape index (κ3) is 6.37. The lowest BCUT2D eigenvalue weighted by Crippen LogP contribution is -2.23. The van der Waals surface area contributed by atoms with E-state index in [2.05, 4.69) is 10.0 Å². The lowest BCUT2D eigenvalue weighted by atomic mass is 10.2. The second-order valence-electron chi connectivity index (χ2n) is 6.59. The van der Waals surface area contributed by atoms with Crippen LogP contribution in [0.5, 0.6) is 11.5 Å². The first kappa shape index (κ1) is 23.9. The summed E-state index contributed by atoms with van der Waals surface area (Å²) >= 11 is 12.2. The van der Waals surface area contributed by atoms with Crippen molar-refractivity contribution in [2.75, 3.05) is 19.0 Å². The normalized spacial score (nSPS) is 11.1. The molecule has 0 bridgehead atoms. The highest BCUT2D eigenvalue weighted by atomic mass is 35.5. The van der Waals surface area contributed by atoms with Crippen molar-refractivity contribution in [3.05, 3.63) is 82.3 Å². The smallest absolute Gasteiger partial charge is 0.262 e. The number of sulfonamides is 1. The van der Waals surface area contributed by atoms with E-state index < -0.39 is 15.9 Å². The zero-order valence-corrected chi connectivity index (χ0v) is 19.3. The van der Waals surface area contributed by atoms with Crippen molar-refractivity contribution in [3.8, 4) is 11.5 Å². The van der Waals surface area contributed by atoms with E-state index in [1.165, 1.54) is 25.3 Å². The van der Waals surface area contributed by atoms with Crippen LogP contribution in [0.2, 0.25) is 10.0 Å². The van der Waals surface area contributed by atoms with Crippen LogP contribution in [0.3, 0.4) is 0 Å². The molecule has 3 aromatic carbocycles. The van der Waals surface area contributed by atoms with E-state index in [1.54, 1.807) is 18.2 Å². The van der Waals surface area contributed by atoms with Crippen LogP contribution >= 0.6 is 23.2 Å². The van der Waals surface area contributed by atoms with Crippen molar-refractivity contribution < 1.29 is 22.7 Å². The minimum absolute atomic E-state index is 0.0110. The van der Waals surface area contributed by atoms with E-state index in [4.69, 9.17) is 32.7 Å². The Labute approximate surface area is 196 Å². The molecular formula is C22H20Cl2N2O5S. The summed E-state index contributed by atoms with van der Waals surface area (Å²) in [5, 5.41) is 3.06. The number of rotatable bonds is 9. The first-order valence-electron chi connectivity index (χ1n) is 9.38. The molecule has 0 saturated heterocycles. The van der Waals surface area contributed by atoms with Gasteiger partial charge >= 0.3 is 0 Å². The Balaban J connectivity index is 1.58. The number of hydrogen-bond acceptors (Lipinski definition) is 5. The molecule has 0 radical (unpaired) electrons. The number of halogens is 2. The van der Waals surface area contributed by atoms with Gasteiger partial charge in [-0.2, -0.15) is 0 Å². The molecule has 0 unspecified atom stereocenters. The Morgan fingerprint density at radius 1 is 0.938 bits per heavy atom. The molecular weight excluding hydrogens is 475 g/mol. The average molecular weight is 495 g/mol. The quantitative estimate of drug-likeness (QED) is 0.456. The van der Waals surface area contributed by atoms with Gasteiger partial charge in [-0.05, 0) is 42.0 Å². The van der Waals surface area contributed by atoms with Crippen LogP contribution in [0.1, 0.15) is 5.56 Å². The Bertz CT molecular complexity index is 1200.